The van der Waals surface area contributed by atoms with Crippen LogP contribution in [0.2, 0.25) is 0 Å². The van der Waals surface area contributed by atoms with Gasteiger partial charge in [-0.15, -0.1) is 0 Å². The van der Waals surface area contributed by atoms with Crippen LogP contribution in [0, 0.1) is 18.3 Å². The van der Waals surface area contributed by atoms with Gasteiger partial charge in [-0.05, 0) is 50.2 Å². The van der Waals surface area contributed by atoms with Crippen molar-refractivity contribution in [3.63, 3.8) is 0 Å². The molecular weight excluding hydrogens is 458 g/mol. The Morgan fingerprint density at radius 1 is 1.03 bits per heavy atom. The normalized spacial score (nSPS) is 12.9. The number of nitrogens with zero attached hydrogens (tertiary/aromatic N) is 4. The van der Waals surface area contributed by atoms with Gasteiger partial charge in [0.05, 0.1) is 32.9 Å². The van der Waals surface area contributed by atoms with E-state index in [-0.39, 0.29) is 16.9 Å². The number of aliphatic hydroxyl groups excluding tert-OH is 1. The van der Waals surface area contributed by atoms with E-state index in [4.69, 9.17) is 4.98 Å². The summed E-state index contributed by atoms with van der Waals surface area (Å²) in [5.74, 6) is 0.149. The van der Waals surface area contributed by atoms with Gasteiger partial charge in [-0.25, -0.2) is 9.97 Å². The highest BCUT2D eigenvalue weighted by Crippen LogP contribution is 2.31. The molecule has 5 rings (SSSR count). The van der Waals surface area contributed by atoms with Crippen LogP contribution in [0.3, 0.4) is 0 Å². The number of hydrogen-bond acceptors (Lipinski definition) is 6. The molecule has 0 saturated carbocycles. The first-order valence-electron chi connectivity index (χ1n) is 11.0. The minimum absolute atomic E-state index is 0.0474. The molecule has 0 spiro atoms. The second-order valence-electron chi connectivity index (χ2n) is 8.12. The lowest BCUT2D eigenvalue weighted by atomic mass is 10.2. The fraction of sp³-hybridized carbons (Fsp3) is 0.111. The van der Waals surface area contributed by atoms with E-state index in [1.807, 2.05) is 61.5 Å². The average Bonchev–Trinajstić information content (AvgIpc) is 3.29. The summed E-state index contributed by atoms with van der Waals surface area (Å²) in [6, 6.07) is 24.3. The zero-order valence-corrected chi connectivity index (χ0v) is 19.9. The summed E-state index contributed by atoms with van der Waals surface area (Å²) < 4.78 is 1.55. The molecule has 172 valence electrons. The van der Waals surface area contributed by atoms with Gasteiger partial charge in [0, 0.05) is 0 Å². The number of aromatic nitrogens is 4. The standard InChI is InChI=1S/C27H21N5O2S/c1-16-11-13-18(14-12-16)32-26(34)19-7-3-4-8-21(19)31-27(32)35-17(2)24(33)20(15-28)25-29-22-9-5-6-10-23(22)30-25/h3-14,17,33H,1-2H3,(H,29,30)/b24-20-. The van der Waals surface area contributed by atoms with Crippen molar-refractivity contribution in [2.45, 2.75) is 24.3 Å². The number of aromatic amines is 1. The predicted molar refractivity (Wildman–Crippen MR) is 139 cm³/mol. The van der Waals surface area contributed by atoms with Crippen LogP contribution in [0.15, 0.2) is 88.5 Å². The third kappa shape index (κ3) is 4.18. The summed E-state index contributed by atoms with van der Waals surface area (Å²) in [6.07, 6.45) is 0. The van der Waals surface area contributed by atoms with E-state index in [1.165, 1.54) is 11.8 Å². The molecule has 0 fully saturated rings. The van der Waals surface area contributed by atoms with Gasteiger partial charge < -0.3 is 10.1 Å². The lowest BCUT2D eigenvalue weighted by Crippen LogP contribution is -2.22. The average molecular weight is 480 g/mol. The Morgan fingerprint density at radius 3 is 2.43 bits per heavy atom. The van der Waals surface area contributed by atoms with Crippen molar-refractivity contribution in [2.75, 3.05) is 0 Å². The zero-order chi connectivity index (χ0) is 24.5. The monoisotopic (exact) mass is 479 g/mol. The van der Waals surface area contributed by atoms with Crippen molar-refractivity contribution in [3.05, 3.63) is 100 Å². The van der Waals surface area contributed by atoms with Crippen LogP contribution in [0.25, 0.3) is 33.2 Å². The molecule has 1 atom stereocenters. The quantitative estimate of drug-likeness (QED) is 0.148. The third-order valence-corrected chi connectivity index (χ3v) is 6.76. The van der Waals surface area contributed by atoms with Crippen LogP contribution in [0.5, 0.6) is 0 Å². The first-order chi connectivity index (χ1) is 17.0. The number of thioether (sulfide) groups is 1. The molecule has 0 saturated heterocycles. The number of fused-ring (bicyclic) bond motifs is 2. The molecule has 2 aromatic heterocycles. The van der Waals surface area contributed by atoms with Gasteiger partial charge in [0.2, 0.25) is 0 Å². The van der Waals surface area contributed by atoms with Crippen molar-refractivity contribution in [1.29, 1.82) is 5.26 Å². The Morgan fingerprint density at radius 2 is 1.71 bits per heavy atom. The summed E-state index contributed by atoms with van der Waals surface area (Å²) in [6.45, 7) is 3.74. The number of aliphatic hydroxyl groups is 1. The molecule has 0 radical (unpaired) electrons. The van der Waals surface area contributed by atoms with Crippen molar-refractivity contribution < 1.29 is 5.11 Å². The SMILES string of the molecule is Cc1ccc(-n2c(SC(C)/C(O)=C(\C#N)c3nc4ccccc4[nH]3)nc3ccccc3c2=O)cc1. The summed E-state index contributed by atoms with van der Waals surface area (Å²) in [4.78, 5) is 25.7. The Labute approximate surface area is 205 Å². The van der Waals surface area contributed by atoms with Crippen LogP contribution >= 0.6 is 11.8 Å². The summed E-state index contributed by atoms with van der Waals surface area (Å²) in [7, 11) is 0. The fourth-order valence-electron chi connectivity index (χ4n) is 3.83. The molecule has 2 N–H and O–H groups in total. The van der Waals surface area contributed by atoms with E-state index in [2.05, 4.69) is 16.0 Å². The van der Waals surface area contributed by atoms with E-state index >= 15 is 0 Å². The molecule has 2 heterocycles. The van der Waals surface area contributed by atoms with Gasteiger partial charge in [0.1, 0.15) is 17.4 Å². The first-order valence-corrected chi connectivity index (χ1v) is 11.9. The highest BCUT2D eigenvalue weighted by Gasteiger charge is 2.22. The molecule has 3 aromatic carbocycles. The summed E-state index contributed by atoms with van der Waals surface area (Å²) in [5, 5.41) is 21.2. The molecule has 7 nitrogen and oxygen atoms in total. The van der Waals surface area contributed by atoms with Gasteiger partial charge in [0.25, 0.3) is 5.56 Å². The summed E-state index contributed by atoms with van der Waals surface area (Å²) >= 11 is 1.20. The van der Waals surface area contributed by atoms with E-state index in [9.17, 15) is 15.2 Å². The second-order valence-corrected chi connectivity index (χ2v) is 9.43. The molecule has 1 unspecified atom stereocenters. The van der Waals surface area contributed by atoms with Gasteiger partial charge >= 0.3 is 0 Å². The predicted octanol–water partition coefficient (Wildman–Crippen LogP) is 5.54. The Kier molecular flexibility index (Phi) is 5.85. The first kappa shape index (κ1) is 22.4. The number of aryl methyl sites for hydroxylation is 1. The van der Waals surface area contributed by atoms with Crippen LogP contribution in [0.1, 0.15) is 18.3 Å². The van der Waals surface area contributed by atoms with E-state index in [1.54, 1.807) is 29.7 Å². The van der Waals surface area contributed by atoms with E-state index < -0.39 is 5.25 Å². The van der Waals surface area contributed by atoms with Gasteiger partial charge in [-0.3, -0.25) is 9.36 Å². The molecule has 0 aliphatic heterocycles. The number of nitrogens with one attached hydrogen (secondary N) is 1. The largest absolute Gasteiger partial charge is 0.510 e. The van der Waals surface area contributed by atoms with Gasteiger partial charge in [-0.2, -0.15) is 5.26 Å². The number of hydrogen-bond donors (Lipinski definition) is 2. The third-order valence-electron chi connectivity index (χ3n) is 5.70. The highest BCUT2D eigenvalue weighted by molar-refractivity contribution is 8.00. The molecular formula is C27H21N5O2S. The van der Waals surface area contributed by atoms with Gasteiger partial charge in [0.15, 0.2) is 11.0 Å². The van der Waals surface area contributed by atoms with Crippen molar-refractivity contribution in [1.82, 2.24) is 19.5 Å². The smallest absolute Gasteiger partial charge is 0.266 e. The molecule has 0 amide bonds. The number of allylic oxidation sites excluding steroid dienone is 1. The maximum absolute atomic E-state index is 13.5. The second kappa shape index (κ2) is 9.12. The number of nitriles is 1. The highest BCUT2D eigenvalue weighted by atomic mass is 32.2. The van der Waals surface area contributed by atoms with Crippen molar-refractivity contribution in [2.24, 2.45) is 0 Å². The molecule has 0 aliphatic carbocycles. The molecule has 0 bridgehead atoms. The Bertz CT molecular complexity index is 1660. The number of rotatable bonds is 5. The maximum Gasteiger partial charge on any atom is 0.266 e. The number of para-hydroxylation sites is 3. The minimum Gasteiger partial charge on any atom is -0.510 e. The fourth-order valence-corrected chi connectivity index (χ4v) is 4.82. The van der Waals surface area contributed by atoms with Gasteiger partial charge in [-0.1, -0.05) is 53.7 Å². The van der Waals surface area contributed by atoms with Crippen LogP contribution < -0.4 is 5.56 Å². The number of H-pyrrole nitrogens is 1. The van der Waals surface area contributed by atoms with Crippen molar-refractivity contribution in [3.8, 4) is 11.8 Å². The number of imidazole rings is 1. The van der Waals surface area contributed by atoms with Crippen LogP contribution in [-0.2, 0) is 0 Å². The van der Waals surface area contributed by atoms with E-state index in [0.717, 1.165) is 11.1 Å². The lowest BCUT2D eigenvalue weighted by molar-refractivity contribution is 0.401. The molecule has 0 aliphatic rings. The molecule has 35 heavy (non-hydrogen) atoms. The van der Waals surface area contributed by atoms with Crippen molar-refractivity contribution >= 4 is 39.3 Å². The van der Waals surface area contributed by atoms with Crippen LogP contribution in [0.4, 0.5) is 0 Å². The minimum atomic E-state index is -0.581. The maximum atomic E-state index is 13.5. The Balaban J connectivity index is 1.61. The number of benzene rings is 3. The molecule has 5 aromatic rings. The van der Waals surface area contributed by atoms with Crippen LogP contribution in [-0.4, -0.2) is 29.9 Å². The zero-order valence-electron chi connectivity index (χ0n) is 19.1. The topological polar surface area (TPSA) is 108 Å². The summed E-state index contributed by atoms with van der Waals surface area (Å²) in [5.41, 5.74) is 3.64. The van der Waals surface area contributed by atoms with E-state index in [0.29, 0.717) is 33.1 Å². The Hall–Kier alpha value is -4.35. The molecule has 8 heteroatoms. The lowest BCUT2D eigenvalue weighted by Gasteiger charge is -2.17.